The van der Waals surface area contributed by atoms with Crippen LogP contribution in [0.15, 0.2) is 0 Å². The number of nitrogens with one attached hydrogen (secondary N) is 1. The summed E-state index contributed by atoms with van der Waals surface area (Å²) < 4.78 is 5.38. The molecule has 1 aliphatic heterocycles. The molecule has 1 amide bonds. The average molecular weight is 254 g/mol. The number of carbonyl (C=O) groups excluding carboxylic acids is 1. The minimum Gasteiger partial charge on any atom is -0.378 e. The first-order valence-electron chi connectivity index (χ1n) is 7.31. The van der Waals surface area contributed by atoms with Gasteiger partial charge < -0.3 is 15.0 Å². The normalized spacial score (nSPS) is 25.9. The first-order chi connectivity index (χ1) is 8.75. The number of hydrogen-bond acceptors (Lipinski definition) is 3. The SMILES string of the molecule is CN(CC1CCCCC1)C(=O)CC1COCCN1. The molecule has 4 heteroatoms. The number of morpholine rings is 1. The van der Waals surface area contributed by atoms with Crippen LogP contribution in [-0.2, 0) is 9.53 Å². The van der Waals surface area contributed by atoms with Crippen molar-refractivity contribution in [3.63, 3.8) is 0 Å². The van der Waals surface area contributed by atoms with Gasteiger partial charge in [-0.1, -0.05) is 19.3 Å². The van der Waals surface area contributed by atoms with Crippen LogP contribution < -0.4 is 5.32 Å². The standard InChI is InChI=1S/C14H26N2O2/c1-16(10-12-5-3-2-4-6-12)14(17)9-13-11-18-8-7-15-13/h12-13,15H,2-11H2,1H3. The zero-order valence-corrected chi connectivity index (χ0v) is 11.5. The Kier molecular flexibility index (Phi) is 5.45. The highest BCUT2D eigenvalue weighted by Gasteiger charge is 2.22. The highest BCUT2D eigenvalue weighted by Crippen LogP contribution is 2.24. The van der Waals surface area contributed by atoms with Crippen LogP contribution in [-0.4, -0.2) is 50.2 Å². The number of amides is 1. The third-order valence-electron chi connectivity index (χ3n) is 4.10. The second-order valence-corrected chi connectivity index (χ2v) is 5.71. The molecule has 1 saturated heterocycles. The van der Waals surface area contributed by atoms with Gasteiger partial charge in [-0.2, -0.15) is 0 Å². The molecule has 18 heavy (non-hydrogen) atoms. The quantitative estimate of drug-likeness (QED) is 0.824. The number of nitrogens with zero attached hydrogens (tertiary/aromatic N) is 1. The highest BCUT2D eigenvalue weighted by molar-refractivity contribution is 5.76. The summed E-state index contributed by atoms with van der Waals surface area (Å²) in [5.41, 5.74) is 0. The molecule has 2 aliphatic rings. The Morgan fingerprint density at radius 3 is 2.78 bits per heavy atom. The van der Waals surface area contributed by atoms with Gasteiger partial charge in [0.2, 0.25) is 5.91 Å². The molecular weight excluding hydrogens is 228 g/mol. The summed E-state index contributed by atoms with van der Waals surface area (Å²) in [7, 11) is 1.95. The summed E-state index contributed by atoms with van der Waals surface area (Å²) in [5.74, 6) is 0.979. The number of carbonyl (C=O) groups is 1. The second-order valence-electron chi connectivity index (χ2n) is 5.71. The fraction of sp³-hybridized carbons (Fsp3) is 0.929. The van der Waals surface area contributed by atoms with Gasteiger partial charge in [0.15, 0.2) is 0 Å². The lowest BCUT2D eigenvalue weighted by Gasteiger charge is -2.29. The lowest BCUT2D eigenvalue weighted by molar-refractivity contribution is -0.131. The fourth-order valence-electron chi connectivity index (χ4n) is 2.98. The Morgan fingerprint density at radius 2 is 2.11 bits per heavy atom. The van der Waals surface area contributed by atoms with Crippen molar-refractivity contribution in [1.82, 2.24) is 10.2 Å². The summed E-state index contributed by atoms with van der Waals surface area (Å²) in [6.07, 6.45) is 7.21. The minimum atomic E-state index is 0.208. The molecule has 0 radical (unpaired) electrons. The topological polar surface area (TPSA) is 41.6 Å². The van der Waals surface area contributed by atoms with Crippen LogP contribution in [0.2, 0.25) is 0 Å². The van der Waals surface area contributed by atoms with E-state index in [0.717, 1.165) is 25.6 Å². The van der Waals surface area contributed by atoms with Gasteiger partial charge in [0.05, 0.1) is 13.2 Å². The lowest BCUT2D eigenvalue weighted by Crippen LogP contribution is -2.45. The van der Waals surface area contributed by atoms with Crippen molar-refractivity contribution in [3.8, 4) is 0 Å². The van der Waals surface area contributed by atoms with E-state index < -0.39 is 0 Å². The first kappa shape index (κ1) is 13.8. The van der Waals surface area contributed by atoms with Gasteiger partial charge in [0.1, 0.15) is 0 Å². The van der Waals surface area contributed by atoms with Crippen molar-refractivity contribution in [2.75, 3.05) is 33.4 Å². The largest absolute Gasteiger partial charge is 0.378 e. The van der Waals surface area contributed by atoms with Crippen LogP contribution in [0, 0.1) is 5.92 Å². The molecule has 0 aromatic rings. The fourth-order valence-corrected chi connectivity index (χ4v) is 2.98. The van der Waals surface area contributed by atoms with Crippen molar-refractivity contribution >= 4 is 5.91 Å². The number of ether oxygens (including phenoxy) is 1. The van der Waals surface area contributed by atoms with Gasteiger partial charge in [0, 0.05) is 32.6 Å². The van der Waals surface area contributed by atoms with Crippen LogP contribution in [0.25, 0.3) is 0 Å². The first-order valence-corrected chi connectivity index (χ1v) is 7.31. The Balaban J connectivity index is 1.69. The van der Waals surface area contributed by atoms with E-state index in [1.165, 1.54) is 32.1 Å². The van der Waals surface area contributed by atoms with E-state index in [-0.39, 0.29) is 11.9 Å². The Hall–Kier alpha value is -0.610. The van der Waals surface area contributed by atoms with E-state index in [9.17, 15) is 4.79 Å². The Labute approximate surface area is 110 Å². The molecule has 1 saturated carbocycles. The molecule has 104 valence electrons. The third-order valence-corrected chi connectivity index (χ3v) is 4.10. The van der Waals surface area contributed by atoms with Gasteiger partial charge in [0.25, 0.3) is 0 Å². The van der Waals surface area contributed by atoms with E-state index in [0.29, 0.717) is 13.0 Å². The smallest absolute Gasteiger partial charge is 0.223 e. The third kappa shape index (κ3) is 4.25. The summed E-state index contributed by atoms with van der Waals surface area (Å²) >= 11 is 0. The van der Waals surface area contributed by atoms with Gasteiger partial charge in [-0.05, 0) is 18.8 Å². The minimum absolute atomic E-state index is 0.208. The average Bonchev–Trinajstić information content (AvgIpc) is 2.41. The highest BCUT2D eigenvalue weighted by atomic mass is 16.5. The van der Waals surface area contributed by atoms with E-state index in [1.807, 2.05) is 11.9 Å². The molecule has 0 aromatic carbocycles. The molecule has 1 aliphatic carbocycles. The molecule has 0 aromatic heterocycles. The van der Waals surface area contributed by atoms with E-state index >= 15 is 0 Å². The van der Waals surface area contributed by atoms with Crippen molar-refractivity contribution < 1.29 is 9.53 Å². The molecule has 1 atom stereocenters. The monoisotopic (exact) mass is 254 g/mol. The molecule has 4 nitrogen and oxygen atoms in total. The summed E-state index contributed by atoms with van der Waals surface area (Å²) in [5, 5.41) is 3.34. The molecule has 0 bridgehead atoms. The van der Waals surface area contributed by atoms with Crippen LogP contribution >= 0.6 is 0 Å². The van der Waals surface area contributed by atoms with E-state index in [4.69, 9.17) is 4.74 Å². The van der Waals surface area contributed by atoms with Crippen LogP contribution in [0.5, 0.6) is 0 Å². The van der Waals surface area contributed by atoms with E-state index in [1.54, 1.807) is 0 Å². The summed E-state index contributed by atoms with van der Waals surface area (Å²) in [6.45, 7) is 3.24. The van der Waals surface area contributed by atoms with E-state index in [2.05, 4.69) is 5.32 Å². The predicted molar refractivity (Wildman–Crippen MR) is 71.4 cm³/mol. The maximum Gasteiger partial charge on any atom is 0.223 e. The van der Waals surface area contributed by atoms with Gasteiger partial charge in [-0.15, -0.1) is 0 Å². The Morgan fingerprint density at radius 1 is 1.33 bits per heavy atom. The van der Waals surface area contributed by atoms with Crippen molar-refractivity contribution in [3.05, 3.63) is 0 Å². The van der Waals surface area contributed by atoms with Crippen molar-refractivity contribution in [2.24, 2.45) is 5.92 Å². The van der Waals surface area contributed by atoms with Crippen LogP contribution in [0.3, 0.4) is 0 Å². The molecule has 1 heterocycles. The number of rotatable bonds is 4. The number of hydrogen-bond donors (Lipinski definition) is 1. The van der Waals surface area contributed by atoms with Crippen LogP contribution in [0.1, 0.15) is 38.5 Å². The van der Waals surface area contributed by atoms with Crippen LogP contribution in [0.4, 0.5) is 0 Å². The molecule has 1 unspecified atom stereocenters. The predicted octanol–water partition coefficient (Wildman–Crippen LogP) is 1.40. The van der Waals surface area contributed by atoms with Crippen molar-refractivity contribution in [1.29, 1.82) is 0 Å². The maximum atomic E-state index is 12.1. The van der Waals surface area contributed by atoms with Gasteiger partial charge >= 0.3 is 0 Å². The van der Waals surface area contributed by atoms with Gasteiger partial charge in [-0.3, -0.25) is 4.79 Å². The summed E-state index contributed by atoms with van der Waals surface area (Å²) in [6, 6.07) is 0.208. The van der Waals surface area contributed by atoms with Gasteiger partial charge in [-0.25, -0.2) is 0 Å². The molecule has 0 spiro atoms. The zero-order chi connectivity index (χ0) is 12.8. The lowest BCUT2D eigenvalue weighted by atomic mass is 9.89. The molecule has 1 N–H and O–H groups in total. The zero-order valence-electron chi connectivity index (χ0n) is 11.5. The molecule has 2 rings (SSSR count). The molecule has 2 fully saturated rings. The van der Waals surface area contributed by atoms with Crippen molar-refractivity contribution in [2.45, 2.75) is 44.6 Å². The Bertz CT molecular complexity index is 259. The maximum absolute atomic E-state index is 12.1. The second kappa shape index (κ2) is 7.10. The molecular formula is C14H26N2O2. The summed E-state index contributed by atoms with van der Waals surface area (Å²) in [4.78, 5) is 14.0.